The number of hydrogen-bond acceptors (Lipinski definition) is 6. The highest BCUT2D eigenvalue weighted by Gasteiger charge is 2.66. The maximum absolute atomic E-state index is 13.4. The van der Waals surface area contributed by atoms with Crippen LogP contribution in [0.15, 0.2) is 11.1 Å². The molecule has 4 unspecified atom stereocenters. The summed E-state index contributed by atoms with van der Waals surface area (Å²) in [5.41, 5.74) is 2.53. The van der Waals surface area contributed by atoms with Crippen LogP contribution >= 0.6 is 0 Å². The van der Waals surface area contributed by atoms with Crippen LogP contribution in [-0.4, -0.2) is 37.2 Å². The Morgan fingerprint density at radius 1 is 0.902 bits per heavy atom. The molecular formula is C35H54O6. The van der Waals surface area contributed by atoms with Gasteiger partial charge in [-0.25, -0.2) is 0 Å². The molecule has 6 nitrogen and oxygen atoms in total. The molecule has 0 radical (unpaired) electrons. The molecule has 5 aliphatic rings. The Kier molecular flexibility index (Phi) is 7.76. The Bertz CT molecular complexity index is 1120. The van der Waals surface area contributed by atoms with E-state index in [9.17, 15) is 14.4 Å². The summed E-state index contributed by atoms with van der Waals surface area (Å²) in [5.74, 6) is 1.75. The summed E-state index contributed by atoms with van der Waals surface area (Å²) in [6.07, 6.45) is 9.38. The van der Waals surface area contributed by atoms with E-state index in [4.69, 9.17) is 14.2 Å². The summed E-state index contributed by atoms with van der Waals surface area (Å²) in [5, 5.41) is 0. The summed E-state index contributed by atoms with van der Waals surface area (Å²) < 4.78 is 17.3. The predicted molar refractivity (Wildman–Crippen MR) is 158 cm³/mol. The van der Waals surface area contributed by atoms with E-state index >= 15 is 0 Å². The van der Waals surface area contributed by atoms with Crippen LogP contribution in [0.4, 0.5) is 0 Å². The topological polar surface area (TPSA) is 78.9 Å². The Morgan fingerprint density at radius 2 is 1.59 bits per heavy atom. The number of hydrogen-bond donors (Lipinski definition) is 0. The summed E-state index contributed by atoms with van der Waals surface area (Å²) in [6, 6.07) is 0. The van der Waals surface area contributed by atoms with Crippen LogP contribution in [0, 0.1) is 51.2 Å². The molecule has 0 aromatic heterocycles. The van der Waals surface area contributed by atoms with Crippen LogP contribution in [0.5, 0.6) is 0 Å². The molecule has 6 heteroatoms. The number of allylic oxidation sites excluding steroid dienone is 2. The highest BCUT2D eigenvalue weighted by atomic mass is 16.6. The van der Waals surface area contributed by atoms with E-state index in [0.29, 0.717) is 23.7 Å². The zero-order valence-corrected chi connectivity index (χ0v) is 27.1. The molecule has 0 bridgehead atoms. The molecule has 0 aromatic carbocycles. The molecule has 41 heavy (non-hydrogen) atoms. The van der Waals surface area contributed by atoms with Crippen molar-refractivity contribution in [2.24, 2.45) is 51.2 Å². The second-order valence-electron chi connectivity index (χ2n) is 16.2. The van der Waals surface area contributed by atoms with E-state index in [-0.39, 0.29) is 45.5 Å². The van der Waals surface area contributed by atoms with Crippen molar-refractivity contribution in [3.63, 3.8) is 0 Å². The van der Waals surface area contributed by atoms with Crippen molar-refractivity contribution in [2.45, 2.75) is 132 Å². The zero-order valence-electron chi connectivity index (χ0n) is 27.1. The Morgan fingerprint density at radius 3 is 2.22 bits per heavy atom. The molecule has 0 amide bonds. The lowest BCUT2D eigenvalue weighted by molar-refractivity contribution is -0.242. The summed E-state index contributed by atoms with van der Waals surface area (Å²) >= 11 is 0. The number of ether oxygens (including phenoxy) is 3. The van der Waals surface area contributed by atoms with E-state index in [2.05, 4.69) is 41.5 Å². The van der Waals surface area contributed by atoms with Gasteiger partial charge in [-0.3, -0.25) is 14.4 Å². The van der Waals surface area contributed by atoms with Gasteiger partial charge in [-0.2, -0.15) is 0 Å². The van der Waals surface area contributed by atoms with Gasteiger partial charge in [0.05, 0.1) is 12.5 Å². The minimum atomic E-state index is -0.439. The normalized spacial score (nSPS) is 42.5. The average molecular weight is 571 g/mol. The monoisotopic (exact) mass is 570 g/mol. The van der Waals surface area contributed by atoms with Crippen molar-refractivity contribution in [3.8, 4) is 0 Å². The molecule has 0 saturated heterocycles. The summed E-state index contributed by atoms with van der Waals surface area (Å²) in [4.78, 5) is 37.8. The number of esters is 3. The quantitative estimate of drug-likeness (QED) is 0.194. The molecule has 5 aliphatic carbocycles. The predicted octanol–water partition coefficient (Wildman–Crippen LogP) is 7.43. The van der Waals surface area contributed by atoms with Crippen LogP contribution < -0.4 is 0 Å². The van der Waals surface area contributed by atoms with Gasteiger partial charge >= 0.3 is 17.9 Å². The van der Waals surface area contributed by atoms with Crippen molar-refractivity contribution < 1.29 is 28.6 Å². The minimum absolute atomic E-state index is 0.00561. The molecule has 0 N–H and O–H groups in total. The zero-order chi connectivity index (χ0) is 30.1. The van der Waals surface area contributed by atoms with Gasteiger partial charge < -0.3 is 14.2 Å². The number of carbonyl (C=O) groups excluding carboxylic acids is 3. The van der Waals surface area contributed by atoms with Crippen LogP contribution in [0.1, 0.15) is 120 Å². The molecule has 4 fully saturated rings. The third-order valence-corrected chi connectivity index (χ3v) is 12.9. The van der Waals surface area contributed by atoms with Crippen molar-refractivity contribution in [2.75, 3.05) is 7.11 Å². The highest BCUT2D eigenvalue weighted by molar-refractivity contribution is 5.78. The molecule has 9 atom stereocenters. The molecule has 0 aromatic rings. The largest absolute Gasteiger partial charge is 0.469 e. The second-order valence-corrected chi connectivity index (χ2v) is 16.2. The SMILES string of the molecule is COC(=O)[C@@]12CCC(C)=C(CC3CC4CCC5C(C)(C)[C@@H](OC(C)=O)[C@H](OC(C)=O)C[C@]5(C)C43)[C@@H]1CC(C)(C)CC2. The first-order chi connectivity index (χ1) is 19.1. The highest BCUT2D eigenvalue weighted by Crippen LogP contribution is 2.70. The van der Waals surface area contributed by atoms with Crippen molar-refractivity contribution in [1.29, 1.82) is 0 Å². The van der Waals surface area contributed by atoms with Gasteiger partial charge in [0.15, 0.2) is 0 Å². The van der Waals surface area contributed by atoms with Crippen LogP contribution in [-0.2, 0) is 28.6 Å². The first kappa shape index (κ1) is 30.6. The van der Waals surface area contributed by atoms with E-state index in [1.807, 2.05) is 0 Å². The lowest BCUT2D eigenvalue weighted by Gasteiger charge is -2.67. The average Bonchev–Trinajstić information content (AvgIpc) is 2.84. The fourth-order valence-corrected chi connectivity index (χ4v) is 11.2. The van der Waals surface area contributed by atoms with Gasteiger partial charge in [0.1, 0.15) is 12.2 Å². The summed E-state index contributed by atoms with van der Waals surface area (Å²) in [6.45, 7) is 16.8. The van der Waals surface area contributed by atoms with E-state index in [0.717, 1.165) is 51.4 Å². The molecule has 230 valence electrons. The minimum Gasteiger partial charge on any atom is -0.469 e. The number of rotatable bonds is 5. The van der Waals surface area contributed by atoms with E-state index < -0.39 is 12.2 Å². The number of fused-ring (bicyclic) bond motifs is 4. The number of methoxy groups -OCH3 is 1. The lowest BCUT2D eigenvalue weighted by atomic mass is 9.38. The van der Waals surface area contributed by atoms with Crippen molar-refractivity contribution >= 4 is 17.9 Å². The standard InChI is InChI=1S/C35H54O6/c1-20-12-13-35(31(38)39-9)15-14-32(4,5)18-26(35)25(20)17-24-16-23-10-11-28-33(6,7)30(41-22(3)37)27(40-21(2)36)19-34(28,8)29(23)24/h23-24,26-30H,10-19H2,1-9H3/t23?,24?,26-,27+,28?,29?,30-,34-,35+/m0/s1. The van der Waals surface area contributed by atoms with Gasteiger partial charge in [-0.1, -0.05) is 45.8 Å². The van der Waals surface area contributed by atoms with Gasteiger partial charge in [0.2, 0.25) is 0 Å². The first-order valence-corrected chi connectivity index (χ1v) is 16.2. The molecular weight excluding hydrogens is 516 g/mol. The van der Waals surface area contributed by atoms with Crippen LogP contribution in [0.3, 0.4) is 0 Å². The van der Waals surface area contributed by atoms with Crippen LogP contribution in [0.2, 0.25) is 0 Å². The Balaban J connectivity index is 1.47. The van der Waals surface area contributed by atoms with E-state index in [1.54, 1.807) is 7.11 Å². The maximum atomic E-state index is 13.4. The third-order valence-electron chi connectivity index (χ3n) is 12.9. The van der Waals surface area contributed by atoms with Crippen molar-refractivity contribution in [3.05, 3.63) is 11.1 Å². The summed E-state index contributed by atoms with van der Waals surface area (Å²) in [7, 11) is 1.56. The van der Waals surface area contributed by atoms with Crippen molar-refractivity contribution in [1.82, 2.24) is 0 Å². The van der Waals surface area contributed by atoms with Crippen LogP contribution in [0.25, 0.3) is 0 Å². The Hall–Kier alpha value is -1.85. The smallest absolute Gasteiger partial charge is 0.312 e. The van der Waals surface area contributed by atoms with E-state index in [1.165, 1.54) is 37.8 Å². The third kappa shape index (κ3) is 4.97. The molecule has 4 saturated carbocycles. The Labute approximate surface area is 247 Å². The molecule has 0 aliphatic heterocycles. The fourth-order valence-electron chi connectivity index (χ4n) is 11.2. The second kappa shape index (κ2) is 10.4. The van der Waals surface area contributed by atoms with Gasteiger partial charge in [-0.15, -0.1) is 0 Å². The van der Waals surface area contributed by atoms with Gasteiger partial charge in [-0.05, 0) is 112 Å². The molecule has 0 heterocycles. The molecule has 0 spiro atoms. The molecule has 5 rings (SSSR count). The lowest BCUT2D eigenvalue weighted by Crippen LogP contribution is -2.65. The number of carbonyl (C=O) groups is 3. The van der Waals surface area contributed by atoms with Gasteiger partial charge in [0.25, 0.3) is 0 Å². The van der Waals surface area contributed by atoms with Gasteiger partial charge in [0, 0.05) is 19.3 Å². The fraction of sp³-hybridized carbons (Fsp3) is 0.857. The maximum Gasteiger partial charge on any atom is 0.312 e. The first-order valence-electron chi connectivity index (χ1n) is 16.2.